The van der Waals surface area contributed by atoms with E-state index >= 15 is 0 Å². The average molecular weight is 539 g/mol. The van der Waals surface area contributed by atoms with Crippen LogP contribution in [0.5, 0.6) is 28.7 Å². The first-order valence-electron chi connectivity index (χ1n) is 13.1. The molecule has 9 heteroatoms. The number of cyclic esters (lactones) is 1. The first kappa shape index (κ1) is 28.0. The largest absolute Gasteiger partial charge is 0.507 e. The summed E-state index contributed by atoms with van der Waals surface area (Å²) in [5.74, 6) is -0.628. The van der Waals surface area contributed by atoms with Crippen LogP contribution in [0.25, 0.3) is 6.08 Å². The van der Waals surface area contributed by atoms with Crippen molar-refractivity contribution in [3.8, 4) is 28.7 Å². The molecular weight excluding hydrogens is 504 g/mol. The number of hydrogen-bond donors (Lipinski definition) is 1. The Morgan fingerprint density at radius 3 is 2.31 bits per heavy atom. The standard InChI is InChI=1S/C30H34O9/c1-17-9-8-12-20(31)11-7-5-6-10-18-13-22-27(28(33)26(18)30(34)38-17)21(16-25(32)39-22)19-14-23(35-2)29(37-4)24(15-19)36-3/h6,10,13-15,17,21,33H,5,7-9,11-12,16H2,1-4H3/b10-6+/t17-,21?/m0/s1. The van der Waals surface area contributed by atoms with Crippen LogP contribution in [0, 0.1) is 0 Å². The minimum Gasteiger partial charge on any atom is -0.507 e. The third-order valence-corrected chi connectivity index (χ3v) is 7.07. The Morgan fingerprint density at radius 2 is 1.64 bits per heavy atom. The number of ketones is 1. The van der Waals surface area contributed by atoms with Crippen LogP contribution in [0.4, 0.5) is 0 Å². The number of Topliss-reactive ketones (excluding diaryl/α,β-unsaturated/α-hetero) is 1. The Hall–Kier alpha value is -4.01. The molecule has 0 aromatic heterocycles. The quantitative estimate of drug-likeness (QED) is 0.406. The van der Waals surface area contributed by atoms with E-state index in [0.29, 0.717) is 72.5 Å². The number of rotatable bonds is 4. The van der Waals surface area contributed by atoms with Crippen molar-refractivity contribution in [2.75, 3.05) is 21.3 Å². The smallest absolute Gasteiger partial charge is 0.342 e. The van der Waals surface area contributed by atoms with Crippen LogP contribution >= 0.6 is 0 Å². The van der Waals surface area contributed by atoms with Crippen LogP contribution in [0.2, 0.25) is 0 Å². The molecule has 0 saturated carbocycles. The van der Waals surface area contributed by atoms with E-state index < -0.39 is 24.0 Å². The van der Waals surface area contributed by atoms with Crippen molar-refractivity contribution in [3.63, 3.8) is 0 Å². The lowest BCUT2D eigenvalue weighted by molar-refractivity contribution is -0.135. The summed E-state index contributed by atoms with van der Waals surface area (Å²) in [6.45, 7) is 1.76. The van der Waals surface area contributed by atoms with Gasteiger partial charge in [0.15, 0.2) is 11.5 Å². The molecule has 1 N–H and O–H groups in total. The first-order valence-corrected chi connectivity index (χ1v) is 13.1. The second kappa shape index (κ2) is 12.2. The van der Waals surface area contributed by atoms with Gasteiger partial charge in [-0.15, -0.1) is 0 Å². The topological polar surface area (TPSA) is 118 Å². The summed E-state index contributed by atoms with van der Waals surface area (Å²) in [5.41, 5.74) is 1.28. The Morgan fingerprint density at radius 1 is 0.949 bits per heavy atom. The second-order valence-corrected chi connectivity index (χ2v) is 9.73. The molecule has 0 spiro atoms. The Balaban J connectivity index is 1.86. The fourth-order valence-corrected chi connectivity index (χ4v) is 5.11. The summed E-state index contributed by atoms with van der Waals surface area (Å²) < 4.78 is 27.6. The number of aromatic hydroxyl groups is 1. The molecule has 0 saturated heterocycles. The minimum atomic E-state index is -0.689. The van der Waals surface area contributed by atoms with E-state index in [1.165, 1.54) is 21.3 Å². The van der Waals surface area contributed by atoms with E-state index in [0.717, 1.165) is 0 Å². The predicted molar refractivity (Wildman–Crippen MR) is 143 cm³/mol. The van der Waals surface area contributed by atoms with Gasteiger partial charge in [0.1, 0.15) is 22.8 Å². The maximum Gasteiger partial charge on any atom is 0.342 e. The summed E-state index contributed by atoms with van der Waals surface area (Å²) >= 11 is 0. The molecule has 39 heavy (non-hydrogen) atoms. The summed E-state index contributed by atoms with van der Waals surface area (Å²) in [4.78, 5) is 38.2. The van der Waals surface area contributed by atoms with Gasteiger partial charge >= 0.3 is 11.9 Å². The van der Waals surface area contributed by atoms with Gasteiger partial charge < -0.3 is 28.8 Å². The predicted octanol–water partition coefficient (Wildman–Crippen LogP) is 5.34. The molecule has 2 aliphatic rings. The van der Waals surface area contributed by atoms with Crippen LogP contribution in [-0.4, -0.2) is 50.3 Å². The van der Waals surface area contributed by atoms with Crippen LogP contribution in [-0.2, 0) is 14.3 Å². The normalized spacial score (nSPS) is 21.0. The number of esters is 2. The van der Waals surface area contributed by atoms with Crippen molar-refractivity contribution in [3.05, 3.63) is 46.5 Å². The summed E-state index contributed by atoms with van der Waals surface area (Å²) in [5, 5.41) is 11.6. The lowest BCUT2D eigenvalue weighted by Crippen LogP contribution is -2.23. The van der Waals surface area contributed by atoms with Gasteiger partial charge in [-0.2, -0.15) is 0 Å². The number of allylic oxidation sites excluding steroid dienone is 1. The first-order chi connectivity index (χ1) is 18.8. The number of ether oxygens (including phenoxy) is 5. The number of fused-ring (bicyclic) bond motifs is 2. The van der Waals surface area contributed by atoms with Gasteiger partial charge in [0.2, 0.25) is 5.75 Å². The Bertz CT molecular complexity index is 1270. The van der Waals surface area contributed by atoms with Gasteiger partial charge in [-0.3, -0.25) is 9.59 Å². The maximum absolute atomic E-state index is 13.4. The van der Waals surface area contributed by atoms with Gasteiger partial charge in [-0.1, -0.05) is 12.2 Å². The van der Waals surface area contributed by atoms with Crippen LogP contribution < -0.4 is 18.9 Å². The highest BCUT2D eigenvalue weighted by Gasteiger charge is 2.36. The third kappa shape index (κ3) is 6.02. The van der Waals surface area contributed by atoms with E-state index in [4.69, 9.17) is 23.7 Å². The molecule has 1 unspecified atom stereocenters. The molecule has 4 rings (SSSR count). The summed E-state index contributed by atoms with van der Waals surface area (Å²) in [6, 6.07) is 4.99. The molecule has 0 aliphatic carbocycles. The van der Waals surface area contributed by atoms with E-state index in [1.54, 1.807) is 31.2 Å². The third-order valence-electron chi connectivity index (χ3n) is 7.07. The Kier molecular flexibility index (Phi) is 8.79. The monoisotopic (exact) mass is 538 g/mol. The average Bonchev–Trinajstić information content (AvgIpc) is 2.90. The molecule has 2 aromatic rings. The molecule has 208 valence electrons. The highest BCUT2D eigenvalue weighted by atomic mass is 16.5. The number of methoxy groups -OCH3 is 3. The fraction of sp³-hybridized carbons (Fsp3) is 0.433. The lowest BCUT2D eigenvalue weighted by Gasteiger charge is -2.28. The van der Waals surface area contributed by atoms with Crippen molar-refractivity contribution in [1.29, 1.82) is 0 Å². The number of benzene rings is 2. The Labute approximate surface area is 227 Å². The number of phenols is 1. The van der Waals surface area contributed by atoms with Gasteiger partial charge in [-0.25, -0.2) is 4.79 Å². The molecule has 2 aliphatic heterocycles. The molecule has 0 bridgehead atoms. The molecule has 0 fully saturated rings. The highest BCUT2D eigenvalue weighted by Crippen LogP contribution is 2.49. The number of carbonyl (C=O) groups excluding carboxylic acids is 3. The van der Waals surface area contributed by atoms with Crippen molar-refractivity contribution in [2.24, 2.45) is 0 Å². The molecular formula is C30H34O9. The molecule has 9 nitrogen and oxygen atoms in total. The molecule has 2 heterocycles. The molecule has 0 radical (unpaired) electrons. The zero-order valence-electron chi connectivity index (χ0n) is 22.7. The molecule has 2 aromatic carbocycles. The van der Waals surface area contributed by atoms with Crippen molar-refractivity contribution < 1.29 is 43.2 Å². The number of carbonyl (C=O) groups is 3. The van der Waals surface area contributed by atoms with Gasteiger partial charge in [-0.05, 0) is 61.9 Å². The van der Waals surface area contributed by atoms with E-state index in [2.05, 4.69) is 0 Å². The SMILES string of the molecule is COc1cc(C2CC(=O)Oc3cc4c(c(O)c32)C(=O)O[C@@H](C)CCCC(=O)CCC/C=C/4)cc(OC)c1OC. The van der Waals surface area contributed by atoms with Gasteiger partial charge in [0.25, 0.3) is 0 Å². The van der Waals surface area contributed by atoms with E-state index in [-0.39, 0.29) is 29.3 Å². The summed E-state index contributed by atoms with van der Waals surface area (Å²) in [7, 11) is 4.47. The molecule has 2 atom stereocenters. The zero-order valence-corrected chi connectivity index (χ0v) is 22.7. The summed E-state index contributed by atoms with van der Waals surface area (Å²) in [6.07, 6.45) is 6.36. The van der Waals surface area contributed by atoms with Crippen molar-refractivity contribution in [2.45, 2.75) is 63.9 Å². The molecule has 0 amide bonds. The number of phenolic OH excluding ortho intramolecular Hbond substituents is 1. The maximum atomic E-state index is 13.4. The van der Waals surface area contributed by atoms with Crippen molar-refractivity contribution in [1.82, 2.24) is 0 Å². The van der Waals surface area contributed by atoms with Gasteiger partial charge in [0.05, 0.1) is 33.9 Å². The van der Waals surface area contributed by atoms with Gasteiger partial charge in [0, 0.05) is 24.3 Å². The van der Waals surface area contributed by atoms with Crippen LogP contribution in [0.15, 0.2) is 24.3 Å². The van der Waals surface area contributed by atoms with E-state index in [1.807, 2.05) is 6.08 Å². The van der Waals surface area contributed by atoms with Crippen LogP contribution in [0.1, 0.15) is 84.8 Å². The zero-order chi connectivity index (χ0) is 28.1. The minimum absolute atomic E-state index is 0.000349. The van der Waals surface area contributed by atoms with Crippen molar-refractivity contribution >= 4 is 23.8 Å². The lowest BCUT2D eigenvalue weighted by atomic mass is 9.83. The highest BCUT2D eigenvalue weighted by molar-refractivity contribution is 5.98. The second-order valence-electron chi connectivity index (χ2n) is 9.73. The van der Waals surface area contributed by atoms with Crippen LogP contribution in [0.3, 0.4) is 0 Å². The number of hydrogen-bond acceptors (Lipinski definition) is 9. The van der Waals surface area contributed by atoms with E-state index in [9.17, 15) is 19.5 Å². The fourth-order valence-electron chi connectivity index (χ4n) is 5.11.